The SMILES string of the molecule is C=C(Nc1ccc(C)nc1)c1ccc(C(=C)C2=CCCC=C2)cc1.CCCC(CCC)CCc1cccc(C(=P)CC)c1. The second kappa shape index (κ2) is 18.2. The molecule has 0 amide bonds. The van der Waals surface area contributed by atoms with E-state index >= 15 is 0 Å². The minimum atomic E-state index is 0.856. The average Bonchev–Trinajstić information content (AvgIpc) is 3.05. The fourth-order valence-electron chi connectivity index (χ4n) is 5.40. The number of aryl methyl sites for hydroxylation is 2. The highest BCUT2D eigenvalue weighted by Crippen LogP contribution is 2.27. The van der Waals surface area contributed by atoms with E-state index in [0.29, 0.717) is 0 Å². The molecule has 1 aliphatic rings. The average molecular weight is 591 g/mol. The molecule has 1 aromatic heterocycles. The Morgan fingerprint density at radius 1 is 0.884 bits per heavy atom. The molecule has 2 nitrogen and oxygen atoms in total. The van der Waals surface area contributed by atoms with Crippen molar-refractivity contribution in [1.82, 2.24) is 4.98 Å². The molecule has 3 aromatic rings. The second-order valence-corrected chi connectivity index (χ2v) is 12.1. The molecule has 0 saturated heterocycles. The highest BCUT2D eigenvalue weighted by molar-refractivity contribution is 7.22. The van der Waals surface area contributed by atoms with Crippen LogP contribution in [0.2, 0.25) is 0 Å². The Kier molecular flexibility index (Phi) is 14.4. The molecule has 1 N–H and O–H groups in total. The summed E-state index contributed by atoms with van der Waals surface area (Å²) in [5.41, 5.74) is 10.1. The van der Waals surface area contributed by atoms with Crippen molar-refractivity contribution in [3.63, 3.8) is 0 Å². The van der Waals surface area contributed by atoms with E-state index in [4.69, 9.17) is 0 Å². The van der Waals surface area contributed by atoms with Gasteiger partial charge in [-0.2, -0.15) is 0 Å². The van der Waals surface area contributed by atoms with Gasteiger partial charge in [0.15, 0.2) is 0 Å². The molecule has 0 spiro atoms. The molecule has 43 heavy (non-hydrogen) atoms. The number of pyridine rings is 1. The number of nitrogens with zero attached hydrogens (tertiary/aromatic N) is 1. The summed E-state index contributed by atoms with van der Waals surface area (Å²) in [5.74, 6) is 0.914. The van der Waals surface area contributed by atoms with Gasteiger partial charge in [0.25, 0.3) is 0 Å². The van der Waals surface area contributed by atoms with E-state index in [0.717, 1.165) is 59.0 Å². The fourth-order valence-corrected chi connectivity index (χ4v) is 5.56. The first-order valence-corrected chi connectivity index (χ1v) is 16.6. The third-order valence-electron chi connectivity index (χ3n) is 8.00. The molecule has 4 rings (SSSR count). The van der Waals surface area contributed by atoms with Crippen molar-refractivity contribution in [1.29, 1.82) is 0 Å². The maximum Gasteiger partial charge on any atom is 0.0570 e. The molecule has 0 aliphatic heterocycles. The zero-order chi connectivity index (χ0) is 31.0. The second-order valence-electron chi connectivity index (χ2n) is 11.5. The van der Waals surface area contributed by atoms with Crippen LogP contribution in [0.5, 0.6) is 0 Å². The first-order chi connectivity index (χ1) is 20.8. The summed E-state index contributed by atoms with van der Waals surface area (Å²) in [6, 6.07) is 21.3. The van der Waals surface area contributed by atoms with Crippen LogP contribution in [0.3, 0.4) is 0 Å². The van der Waals surface area contributed by atoms with Crippen LogP contribution in [-0.2, 0) is 6.42 Å². The van der Waals surface area contributed by atoms with Gasteiger partial charge >= 0.3 is 0 Å². The van der Waals surface area contributed by atoms with Gasteiger partial charge in [-0.25, -0.2) is 0 Å². The van der Waals surface area contributed by atoms with Gasteiger partial charge in [-0.1, -0.05) is 126 Å². The Balaban J connectivity index is 0.000000243. The third-order valence-corrected chi connectivity index (χ3v) is 8.64. The van der Waals surface area contributed by atoms with Crippen molar-refractivity contribution in [3.05, 3.63) is 132 Å². The Morgan fingerprint density at radius 2 is 1.60 bits per heavy atom. The van der Waals surface area contributed by atoms with Crippen LogP contribution >= 0.6 is 8.86 Å². The molecule has 1 heterocycles. The van der Waals surface area contributed by atoms with E-state index in [-0.39, 0.29) is 0 Å². The molecule has 0 unspecified atom stereocenters. The quantitative estimate of drug-likeness (QED) is 0.189. The number of hydrogen-bond donors (Lipinski definition) is 1. The topological polar surface area (TPSA) is 24.9 Å². The van der Waals surface area contributed by atoms with Crippen LogP contribution in [0.15, 0.2) is 104 Å². The minimum absolute atomic E-state index is 0.856. The lowest BCUT2D eigenvalue weighted by atomic mass is 9.91. The highest BCUT2D eigenvalue weighted by atomic mass is 31.0. The van der Waals surface area contributed by atoms with Crippen LogP contribution in [0, 0.1) is 12.8 Å². The van der Waals surface area contributed by atoms with E-state index < -0.39 is 0 Å². The lowest BCUT2D eigenvalue weighted by Gasteiger charge is -2.15. The Morgan fingerprint density at radius 3 is 2.21 bits per heavy atom. The molecule has 226 valence electrons. The number of aromatic nitrogens is 1. The van der Waals surface area contributed by atoms with Crippen LogP contribution < -0.4 is 5.32 Å². The van der Waals surface area contributed by atoms with Crippen LogP contribution in [0.4, 0.5) is 5.69 Å². The van der Waals surface area contributed by atoms with Gasteiger partial charge in [-0.05, 0) is 95.8 Å². The Labute approximate surface area is 264 Å². The number of benzene rings is 2. The maximum absolute atomic E-state index is 4.29. The van der Waals surface area contributed by atoms with Gasteiger partial charge in [0, 0.05) is 11.4 Å². The summed E-state index contributed by atoms with van der Waals surface area (Å²) in [7, 11) is 3.72. The molecular formula is C40H51N2P. The normalized spacial score (nSPS) is 12.3. The fraction of sp³-hybridized carbons (Fsp3) is 0.350. The number of rotatable bonds is 14. The minimum Gasteiger partial charge on any atom is -0.354 e. The standard InChI is InChI=1S/C22H22N2.C18H29P/c1-16-9-14-22(15-23-16)24-18(3)21-12-10-20(11-13-21)17(2)19-7-5-4-6-8-19;1-4-8-15(9-5-2)12-13-16-10-7-11-17(14-16)18(19)6-3/h5,7-15,24H,2-4,6H2,1H3;7,10-11,14-15,19H,4-6,8-9,12-13H2,1-3H3. The molecule has 0 radical (unpaired) electrons. The monoisotopic (exact) mass is 590 g/mol. The highest BCUT2D eigenvalue weighted by Gasteiger charge is 2.08. The number of nitrogens with one attached hydrogen (secondary N) is 1. The van der Waals surface area contributed by atoms with E-state index in [1.807, 2.05) is 25.3 Å². The molecule has 0 fully saturated rings. The number of anilines is 1. The van der Waals surface area contributed by atoms with Crippen LogP contribution in [-0.4, -0.2) is 10.3 Å². The van der Waals surface area contributed by atoms with Crippen molar-refractivity contribution in [2.75, 3.05) is 5.32 Å². The van der Waals surface area contributed by atoms with E-state index in [1.54, 1.807) is 0 Å². The molecular weight excluding hydrogens is 539 g/mol. The maximum atomic E-state index is 4.29. The first-order valence-electron chi connectivity index (χ1n) is 16.1. The van der Waals surface area contributed by atoms with Crippen molar-refractivity contribution in [2.24, 2.45) is 5.92 Å². The predicted octanol–water partition coefficient (Wildman–Crippen LogP) is 11.7. The Hall–Kier alpha value is -3.48. The van der Waals surface area contributed by atoms with E-state index in [1.165, 1.54) is 60.5 Å². The molecule has 0 bridgehead atoms. The predicted molar refractivity (Wildman–Crippen MR) is 194 cm³/mol. The molecule has 0 saturated carbocycles. The van der Waals surface area contributed by atoms with Crippen molar-refractivity contribution in [2.45, 2.75) is 85.5 Å². The summed E-state index contributed by atoms with van der Waals surface area (Å²) in [6.45, 7) is 17.1. The molecule has 3 heteroatoms. The zero-order valence-corrected chi connectivity index (χ0v) is 27.9. The zero-order valence-electron chi connectivity index (χ0n) is 26.9. The lowest BCUT2D eigenvalue weighted by Crippen LogP contribution is -2.03. The van der Waals surface area contributed by atoms with Gasteiger partial charge in [0.2, 0.25) is 0 Å². The van der Waals surface area contributed by atoms with Crippen LogP contribution in [0.1, 0.15) is 100 Å². The molecule has 0 atom stereocenters. The van der Waals surface area contributed by atoms with Gasteiger partial charge in [-0.15, -0.1) is 8.86 Å². The lowest BCUT2D eigenvalue weighted by molar-refractivity contribution is 0.411. The third kappa shape index (κ3) is 11.3. The molecule has 2 aromatic carbocycles. The first kappa shape index (κ1) is 34.0. The van der Waals surface area contributed by atoms with Crippen molar-refractivity contribution in [3.8, 4) is 0 Å². The van der Waals surface area contributed by atoms with Gasteiger partial charge < -0.3 is 5.32 Å². The summed E-state index contributed by atoms with van der Waals surface area (Å²) in [6.07, 6.45) is 19.7. The summed E-state index contributed by atoms with van der Waals surface area (Å²) in [5, 5.41) is 4.60. The van der Waals surface area contributed by atoms with E-state index in [2.05, 4.69) is 120 Å². The number of allylic oxidation sites excluding steroid dienone is 5. The van der Waals surface area contributed by atoms with Crippen LogP contribution in [0.25, 0.3) is 11.3 Å². The Bertz CT molecular complexity index is 1390. The molecule has 1 aliphatic carbocycles. The summed E-state index contributed by atoms with van der Waals surface area (Å²) < 4.78 is 0. The largest absolute Gasteiger partial charge is 0.354 e. The smallest absolute Gasteiger partial charge is 0.0570 e. The summed E-state index contributed by atoms with van der Waals surface area (Å²) in [4.78, 5) is 4.29. The van der Waals surface area contributed by atoms with E-state index in [9.17, 15) is 0 Å². The number of hydrogen-bond acceptors (Lipinski definition) is 2. The van der Waals surface area contributed by atoms with Gasteiger partial charge in [0.05, 0.1) is 11.9 Å². The van der Waals surface area contributed by atoms with Crippen molar-refractivity contribution < 1.29 is 0 Å². The summed E-state index contributed by atoms with van der Waals surface area (Å²) >= 11 is 0. The van der Waals surface area contributed by atoms with Crippen molar-refractivity contribution >= 4 is 31.1 Å². The van der Waals surface area contributed by atoms with Gasteiger partial charge in [-0.3, -0.25) is 4.98 Å². The van der Waals surface area contributed by atoms with Gasteiger partial charge in [0.1, 0.15) is 0 Å².